The van der Waals surface area contributed by atoms with E-state index in [1.54, 1.807) is 18.2 Å². The third kappa shape index (κ3) is 4.79. The van der Waals surface area contributed by atoms with Gasteiger partial charge in [-0.1, -0.05) is 12.1 Å². The zero-order valence-electron chi connectivity index (χ0n) is 23.2. The largest absolute Gasteiger partial charge is 0.573 e. The van der Waals surface area contributed by atoms with Gasteiger partial charge in [0.05, 0.1) is 27.0 Å². The second-order valence-electron chi connectivity index (χ2n) is 10.0. The van der Waals surface area contributed by atoms with Gasteiger partial charge in [0.2, 0.25) is 0 Å². The molecule has 0 fully saturated rings. The van der Waals surface area contributed by atoms with E-state index in [1.807, 2.05) is 12.1 Å². The number of halogens is 6. The van der Waals surface area contributed by atoms with Gasteiger partial charge in [0.1, 0.15) is 46.9 Å². The molecule has 5 aromatic rings. The molecule has 0 saturated heterocycles. The number of benzene rings is 1. The van der Waals surface area contributed by atoms with E-state index in [-0.39, 0.29) is 33.5 Å². The van der Waals surface area contributed by atoms with Crippen molar-refractivity contribution in [2.45, 2.75) is 12.7 Å². The van der Waals surface area contributed by atoms with Crippen LogP contribution in [0, 0.1) is 45.3 Å². The molecular formula is C32H8F6N6O2S2. The van der Waals surface area contributed by atoms with Gasteiger partial charge in [-0.25, -0.2) is 0 Å². The van der Waals surface area contributed by atoms with Crippen LogP contribution in [0.15, 0.2) is 59.9 Å². The van der Waals surface area contributed by atoms with Crippen LogP contribution in [0.5, 0.6) is 11.5 Å². The van der Waals surface area contributed by atoms with Crippen LogP contribution in [0.25, 0.3) is 54.2 Å². The van der Waals surface area contributed by atoms with Crippen LogP contribution in [0.1, 0.15) is 20.9 Å². The maximum Gasteiger partial charge on any atom is 0.573 e. The zero-order chi connectivity index (χ0) is 34.1. The summed E-state index contributed by atoms with van der Waals surface area (Å²) >= 11 is 2.34. The van der Waals surface area contributed by atoms with E-state index in [9.17, 15) is 47.4 Å². The molecule has 0 saturated carbocycles. The van der Waals surface area contributed by atoms with Crippen molar-refractivity contribution in [3.8, 4) is 69.4 Å². The lowest BCUT2D eigenvalue weighted by molar-refractivity contribution is -0.275. The molecule has 0 amide bonds. The minimum atomic E-state index is -5.01. The number of ether oxygens (including phenoxy) is 2. The number of pyridine rings is 2. The molecule has 0 radical (unpaired) electrons. The summed E-state index contributed by atoms with van der Waals surface area (Å²) in [5.41, 5.74) is 2.95. The summed E-state index contributed by atoms with van der Waals surface area (Å²) in [6, 6.07) is 15.2. The molecule has 0 bridgehead atoms. The van der Waals surface area contributed by atoms with Crippen LogP contribution in [0.2, 0.25) is 0 Å². The lowest BCUT2D eigenvalue weighted by Crippen LogP contribution is -2.17. The number of aromatic nitrogens is 2. The van der Waals surface area contributed by atoms with E-state index >= 15 is 0 Å². The van der Waals surface area contributed by atoms with Crippen LogP contribution in [-0.4, -0.2) is 22.7 Å². The molecule has 16 heteroatoms. The highest BCUT2D eigenvalue weighted by molar-refractivity contribution is 7.31. The SMILES string of the molecule is N#CC(C#N)=C1c2cc(OC(F)(F)F)cnc2-c2c1sc1c3c(sc21)C(=C(C#N)C#N)c1cc(-c2ccc(OC(F)(F)F)cc2)cnc1-3. The Morgan fingerprint density at radius 3 is 1.54 bits per heavy atom. The fraction of sp³-hybridized carbons (Fsp3) is 0.0625. The first-order chi connectivity index (χ1) is 22.9. The summed E-state index contributed by atoms with van der Waals surface area (Å²) < 4.78 is 86.1. The monoisotopic (exact) mass is 686 g/mol. The number of alkyl halides is 6. The van der Waals surface area contributed by atoms with Crippen LogP contribution in [-0.2, 0) is 0 Å². The summed E-state index contributed by atoms with van der Waals surface area (Å²) in [6.07, 6.45) is -7.50. The molecule has 2 aliphatic rings. The molecule has 8 nitrogen and oxygen atoms in total. The molecule has 232 valence electrons. The van der Waals surface area contributed by atoms with Crippen molar-refractivity contribution in [3.05, 3.63) is 80.8 Å². The third-order valence-electron chi connectivity index (χ3n) is 7.34. The highest BCUT2D eigenvalue weighted by Crippen LogP contribution is 2.61. The van der Waals surface area contributed by atoms with E-state index < -0.39 is 24.2 Å². The Morgan fingerprint density at radius 2 is 1.06 bits per heavy atom. The molecule has 0 spiro atoms. The number of allylic oxidation sites excluding steroid dienone is 2. The Kier molecular flexibility index (Phi) is 6.77. The maximum atomic E-state index is 13.0. The van der Waals surface area contributed by atoms with Gasteiger partial charge in [-0.3, -0.25) is 9.97 Å². The first kappa shape index (κ1) is 30.5. The van der Waals surface area contributed by atoms with Crippen molar-refractivity contribution >= 4 is 43.2 Å². The van der Waals surface area contributed by atoms with E-state index in [0.717, 1.165) is 35.7 Å². The number of hydrogen-bond acceptors (Lipinski definition) is 10. The molecule has 1 aromatic carbocycles. The lowest BCUT2D eigenvalue weighted by Gasteiger charge is -2.10. The van der Waals surface area contributed by atoms with Gasteiger partial charge in [0.15, 0.2) is 0 Å². The molecule has 2 aliphatic carbocycles. The predicted molar refractivity (Wildman–Crippen MR) is 159 cm³/mol. The van der Waals surface area contributed by atoms with Gasteiger partial charge in [-0.2, -0.15) is 21.0 Å². The first-order valence-corrected chi connectivity index (χ1v) is 14.8. The van der Waals surface area contributed by atoms with Gasteiger partial charge in [0.25, 0.3) is 0 Å². The second-order valence-corrected chi connectivity index (χ2v) is 12.1. The number of nitriles is 4. The van der Waals surface area contributed by atoms with Crippen LogP contribution in [0.3, 0.4) is 0 Å². The van der Waals surface area contributed by atoms with Gasteiger partial charge >= 0.3 is 12.7 Å². The van der Waals surface area contributed by atoms with Crippen LogP contribution in [0.4, 0.5) is 26.3 Å². The predicted octanol–water partition coefficient (Wildman–Crippen LogP) is 8.88. The van der Waals surface area contributed by atoms with Gasteiger partial charge in [-0.15, -0.1) is 49.0 Å². The van der Waals surface area contributed by atoms with Crippen molar-refractivity contribution in [1.29, 1.82) is 21.0 Å². The minimum Gasteiger partial charge on any atom is -0.406 e. The maximum absolute atomic E-state index is 13.0. The standard InChI is InChI=1S/C32H8F6N6O2S2/c33-31(34,35)45-17-3-1-13(2-4-17)14-5-19-21(15(7-39)8-40)27-23(25(19)43-11-14)29-30(47-27)24-26-20(6-18(12-44-26)46-32(36,37)38)22(28(24)48-29)16(9-41)10-42/h1-6,11-12H. The molecule has 0 atom stereocenters. The van der Waals surface area contributed by atoms with Crippen LogP contribution >= 0.6 is 22.7 Å². The summed E-state index contributed by atoms with van der Waals surface area (Å²) in [5, 5.41) is 39.3. The normalized spacial score (nSPS) is 12.6. The summed E-state index contributed by atoms with van der Waals surface area (Å²) in [5.74, 6) is -1.06. The first-order valence-electron chi connectivity index (χ1n) is 13.2. The van der Waals surface area contributed by atoms with Gasteiger partial charge in [-0.05, 0) is 29.8 Å². The number of hydrogen-bond donors (Lipinski definition) is 0. The molecule has 4 aromatic heterocycles. The number of thiophene rings is 2. The fourth-order valence-corrected chi connectivity index (χ4v) is 8.63. The molecule has 0 aliphatic heterocycles. The van der Waals surface area contributed by atoms with Crippen molar-refractivity contribution in [2.24, 2.45) is 0 Å². The average molecular weight is 687 g/mol. The minimum absolute atomic E-state index is 0.0947. The second kappa shape index (κ2) is 10.7. The smallest absolute Gasteiger partial charge is 0.406 e. The van der Waals surface area contributed by atoms with E-state index in [0.29, 0.717) is 52.7 Å². The number of fused-ring (bicyclic) bond motifs is 9. The number of rotatable bonds is 3. The van der Waals surface area contributed by atoms with E-state index in [1.165, 1.54) is 29.7 Å². The Balaban J connectivity index is 1.43. The van der Waals surface area contributed by atoms with Crippen LogP contribution < -0.4 is 9.47 Å². The van der Waals surface area contributed by atoms with Gasteiger partial charge < -0.3 is 9.47 Å². The molecule has 0 unspecified atom stereocenters. The topological polar surface area (TPSA) is 139 Å². The number of nitrogens with zero attached hydrogens (tertiary/aromatic N) is 6. The fourth-order valence-electron chi connectivity index (χ4n) is 5.62. The Hall–Kier alpha value is -6.20. The van der Waals surface area contributed by atoms with Crippen molar-refractivity contribution in [3.63, 3.8) is 0 Å². The van der Waals surface area contributed by atoms with Crippen molar-refractivity contribution in [2.75, 3.05) is 0 Å². The summed E-state index contributed by atoms with van der Waals surface area (Å²) in [7, 11) is 0. The van der Waals surface area contributed by atoms with E-state index in [2.05, 4.69) is 19.4 Å². The molecule has 7 rings (SSSR count). The quantitative estimate of drug-likeness (QED) is 0.133. The Bertz CT molecular complexity index is 2450. The zero-order valence-corrected chi connectivity index (χ0v) is 24.8. The molecule has 48 heavy (non-hydrogen) atoms. The lowest BCUT2D eigenvalue weighted by atomic mass is 10.00. The summed E-state index contributed by atoms with van der Waals surface area (Å²) in [4.78, 5) is 9.79. The van der Waals surface area contributed by atoms with E-state index in [4.69, 9.17) is 0 Å². The Morgan fingerprint density at radius 1 is 0.604 bits per heavy atom. The summed E-state index contributed by atoms with van der Waals surface area (Å²) in [6.45, 7) is 0. The Labute approximate surface area is 272 Å². The molecule has 0 N–H and O–H groups in total. The van der Waals surface area contributed by atoms with Gasteiger partial charge in [0, 0.05) is 54.9 Å². The van der Waals surface area contributed by atoms with Crippen molar-refractivity contribution in [1.82, 2.24) is 9.97 Å². The molecule has 4 heterocycles. The van der Waals surface area contributed by atoms with Crippen molar-refractivity contribution < 1.29 is 35.8 Å². The highest BCUT2D eigenvalue weighted by Gasteiger charge is 2.40. The average Bonchev–Trinajstić information content (AvgIpc) is 3.73. The molecular weight excluding hydrogens is 679 g/mol. The third-order valence-corrected chi connectivity index (χ3v) is 9.92. The highest BCUT2D eigenvalue weighted by atomic mass is 32.1.